The van der Waals surface area contributed by atoms with Gasteiger partial charge >= 0.3 is 0 Å². The molecule has 0 unspecified atom stereocenters. The van der Waals surface area contributed by atoms with Gasteiger partial charge in [-0.1, -0.05) is 0 Å². The Balaban J connectivity index is 2.55. The molecule has 0 saturated heterocycles. The van der Waals surface area contributed by atoms with Gasteiger partial charge in [-0.05, 0) is 0 Å². The van der Waals surface area contributed by atoms with Crippen LogP contribution in [-0.2, 0) is 9.84 Å². The molecule has 84 valence electrons. The van der Waals surface area contributed by atoms with Crippen LogP contribution in [0.4, 0.5) is 0 Å². The first-order valence-electron chi connectivity index (χ1n) is 4.19. The van der Waals surface area contributed by atoms with Gasteiger partial charge in [-0.3, -0.25) is 9.89 Å². The van der Waals surface area contributed by atoms with Gasteiger partial charge in [-0.15, -0.1) is 0 Å². The molecule has 0 bridgehead atoms. The topological polar surface area (TPSA) is 96.0 Å². The second-order valence-corrected chi connectivity index (χ2v) is 5.45. The lowest BCUT2D eigenvalue weighted by atomic mass is 10.5. The van der Waals surface area contributed by atoms with Crippen LogP contribution in [0.1, 0.15) is 10.6 Å². The number of rotatable bonds is 4. The largest absolute Gasteiger partial charge is 0.338 e. The first-order chi connectivity index (χ1) is 6.90. The highest BCUT2D eigenvalue weighted by Crippen LogP contribution is 1.95. The maximum atomic E-state index is 11.5. The average molecular weight is 232 g/mol. The standard InChI is InChI=1S/C7H12N4O3S/c1-11(3-4-15(2,13)14)7(12)6-8-5-9-10-6/h5H,3-4H2,1-2H3,(H,8,9,10). The number of aromatic amines is 1. The predicted molar refractivity (Wildman–Crippen MR) is 53.1 cm³/mol. The van der Waals surface area contributed by atoms with Crippen LogP contribution in [0, 0.1) is 0 Å². The molecule has 0 aromatic carbocycles. The van der Waals surface area contributed by atoms with Gasteiger partial charge in [0.1, 0.15) is 16.2 Å². The van der Waals surface area contributed by atoms with E-state index in [9.17, 15) is 13.2 Å². The Bertz CT molecular complexity index is 425. The molecule has 0 radical (unpaired) electrons. The number of nitrogens with one attached hydrogen (secondary N) is 1. The van der Waals surface area contributed by atoms with E-state index in [0.29, 0.717) is 0 Å². The second-order valence-electron chi connectivity index (χ2n) is 3.19. The summed E-state index contributed by atoms with van der Waals surface area (Å²) in [5.74, 6) is -0.342. The molecule has 1 heterocycles. The highest BCUT2D eigenvalue weighted by Gasteiger charge is 2.15. The quantitative estimate of drug-likeness (QED) is 0.712. The number of H-pyrrole nitrogens is 1. The molecule has 0 atom stereocenters. The van der Waals surface area contributed by atoms with Gasteiger partial charge in [0, 0.05) is 19.8 Å². The molecule has 1 N–H and O–H groups in total. The fourth-order valence-corrected chi connectivity index (χ4v) is 1.50. The van der Waals surface area contributed by atoms with Crippen molar-refractivity contribution in [2.75, 3.05) is 25.6 Å². The lowest BCUT2D eigenvalue weighted by Crippen LogP contribution is -2.32. The van der Waals surface area contributed by atoms with Crippen LogP contribution in [0.25, 0.3) is 0 Å². The number of amides is 1. The number of hydrogen-bond donors (Lipinski definition) is 1. The molecular formula is C7H12N4O3S. The zero-order valence-electron chi connectivity index (χ0n) is 8.47. The molecular weight excluding hydrogens is 220 g/mol. The third-order valence-corrected chi connectivity index (χ3v) is 2.69. The van der Waals surface area contributed by atoms with Crippen LogP contribution in [0.2, 0.25) is 0 Å². The van der Waals surface area contributed by atoms with E-state index in [4.69, 9.17) is 0 Å². The van der Waals surface area contributed by atoms with Gasteiger partial charge in [0.05, 0.1) is 5.75 Å². The molecule has 0 aliphatic rings. The summed E-state index contributed by atoms with van der Waals surface area (Å²) in [4.78, 5) is 16.5. The summed E-state index contributed by atoms with van der Waals surface area (Å²) >= 11 is 0. The molecule has 0 saturated carbocycles. The van der Waals surface area contributed by atoms with Crippen molar-refractivity contribution in [2.24, 2.45) is 0 Å². The molecule has 1 rings (SSSR count). The third-order valence-electron chi connectivity index (χ3n) is 1.76. The molecule has 1 aromatic heterocycles. The van der Waals surface area contributed by atoms with Crippen molar-refractivity contribution in [2.45, 2.75) is 0 Å². The molecule has 1 aromatic rings. The number of hydrogen-bond acceptors (Lipinski definition) is 5. The van der Waals surface area contributed by atoms with Crippen LogP contribution in [0.5, 0.6) is 0 Å². The van der Waals surface area contributed by atoms with Gasteiger partial charge in [0.15, 0.2) is 0 Å². The number of carbonyl (C=O) groups excluding carboxylic acids is 1. The van der Waals surface area contributed by atoms with E-state index >= 15 is 0 Å². The molecule has 0 aliphatic heterocycles. The van der Waals surface area contributed by atoms with Crippen molar-refractivity contribution in [1.29, 1.82) is 0 Å². The van der Waals surface area contributed by atoms with Crippen molar-refractivity contribution in [1.82, 2.24) is 20.1 Å². The van der Waals surface area contributed by atoms with Gasteiger partial charge in [0.25, 0.3) is 5.91 Å². The summed E-state index contributed by atoms with van der Waals surface area (Å²) in [6.45, 7) is 0.137. The minimum Gasteiger partial charge on any atom is -0.338 e. The van der Waals surface area contributed by atoms with E-state index in [1.807, 2.05) is 0 Å². The Labute approximate surface area is 87.4 Å². The summed E-state index contributed by atoms with van der Waals surface area (Å²) in [5, 5.41) is 5.95. The zero-order chi connectivity index (χ0) is 11.5. The molecule has 8 heteroatoms. The van der Waals surface area contributed by atoms with Crippen molar-refractivity contribution < 1.29 is 13.2 Å². The predicted octanol–water partition coefficient (Wildman–Crippen LogP) is -1.08. The number of nitrogens with zero attached hydrogens (tertiary/aromatic N) is 3. The van der Waals surface area contributed by atoms with E-state index in [0.717, 1.165) is 6.26 Å². The second kappa shape index (κ2) is 4.39. The van der Waals surface area contributed by atoms with E-state index < -0.39 is 9.84 Å². The van der Waals surface area contributed by atoms with Gasteiger partial charge in [0.2, 0.25) is 5.82 Å². The highest BCUT2D eigenvalue weighted by molar-refractivity contribution is 7.90. The number of sulfone groups is 1. The smallest absolute Gasteiger partial charge is 0.290 e. The Morgan fingerprint density at radius 2 is 2.27 bits per heavy atom. The van der Waals surface area contributed by atoms with Crippen LogP contribution in [-0.4, -0.2) is 60.0 Å². The van der Waals surface area contributed by atoms with Crippen LogP contribution in [0.3, 0.4) is 0 Å². The van der Waals surface area contributed by atoms with E-state index in [1.165, 1.54) is 18.3 Å². The Morgan fingerprint density at radius 3 is 2.73 bits per heavy atom. The van der Waals surface area contributed by atoms with Crippen LogP contribution >= 0.6 is 0 Å². The zero-order valence-corrected chi connectivity index (χ0v) is 9.28. The van der Waals surface area contributed by atoms with Crippen molar-refractivity contribution >= 4 is 15.7 Å². The molecule has 7 nitrogen and oxygen atoms in total. The lowest BCUT2D eigenvalue weighted by molar-refractivity contribution is 0.0792. The summed E-state index contributed by atoms with van der Waals surface area (Å²) in [7, 11) is -1.55. The Morgan fingerprint density at radius 1 is 1.60 bits per heavy atom. The maximum Gasteiger partial charge on any atom is 0.290 e. The summed E-state index contributed by atoms with van der Waals surface area (Å²) in [6, 6.07) is 0. The van der Waals surface area contributed by atoms with Gasteiger partial charge < -0.3 is 4.90 Å². The summed E-state index contributed by atoms with van der Waals surface area (Å²) in [5.41, 5.74) is 0. The van der Waals surface area contributed by atoms with E-state index in [2.05, 4.69) is 15.2 Å². The first-order valence-corrected chi connectivity index (χ1v) is 6.25. The highest BCUT2D eigenvalue weighted by atomic mass is 32.2. The summed E-state index contributed by atoms with van der Waals surface area (Å²) < 4.78 is 21.7. The minimum absolute atomic E-state index is 0.0661. The first kappa shape index (κ1) is 11.6. The fraction of sp³-hybridized carbons (Fsp3) is 0.571. The molecule has 1 amide bonds. The number of carbonyl (C=O) groups is 1. The molecule has 0 aliphatic carbocycles. The van der Waals surface area contributed by atoms with Gasteiger partial charge in [-0.25, -0.2) is 13.4 Å². The van der Waals surface area contributed by atoms with Crippen LogP contribution in [0.15, 0.2) is 6.33 Å². The SMILES string of the molecule is CN(CCS(C)(=O)=O)C(=O)c1ncn[nH]1. The van der Waals surface area contributed by atoms with E-state index in [-0.39, 0.29) is 24.0 Å². The van der Waals surface area contributed by atoms with Crippen molar-refractivity contribution in [3.63, 3.8) is 0 Å². The van der Waals surface area contributed by atoms with E-state index in [1.54, 1.807) is 0 Å². The Kier molecular flexibility index (Phi) is 3.40. The maximum absolute atomic E-state index is 11.5. The van der Waals surface area contributed by atoms with Crippen LogP contribution < -0.4 is 0 Å². The number of aromatic nitrogens is 3. The average Bonchev–Trinajstić information content (AvgIpc) is 2.64. The minimum atomic E-state index is -3.06. The van der Waals surface area contributed by atoms with Crippen molar-refractivity contribution in [3.8, 4) is 0 Å². The normalized spacial score (nSPS) is 11.3. The summed E-state index contributed by atoms with van der Waals surface area (Å²) in [6.07, 6.45) is 2.34. The molecule has 15 heavy (non-hydrogen) atoms. The molecule has 0 spiro atoms. The van der Waals surface area contributed by atoms with Gasteiger partial charge in [-0.2, -0.15) is 5.10 Å². The fourth-order valence-electron chi connectivity index (χ4n) is 0.894. The molecule has 0 fully saturated rings. The Hall–Kier alpha value is -1.44. The lowest BCUT2D eigenvalue weighted by Gasteiger charge is -2.14. The van der Waals surface area contributed by atoms with Crippen molar-refractivity contribution in [3.05, 3.63) is 12.2 Å². The third kappa shape index (κ3) is 3.66. The monoisotopic (exact) mass is 232 g/mol.